The largest absolute Gasteiger partial charge is 0.438 e. The van der Waals surface area contributed by atoms with Crippen LogP contribution in [0.25, 0.3) is 22.2 Å². The Morgan fingerprint density at radius 3 is 2.58 bits per heavy atom. The molecule has 1 aromatic heterocycles. The van der Waals surface area contributed by atoms with Crippen molar-refractivity contribution in [2.45, 2.75) is 44.3 Å². The lowest BCUT2D eigenvalue weighted by Gasteiger charge is -2.26. The van der Waals surface area contributed by atoms with E-state index in [4.69, 9.17) is 4.42 Å². The molecule has 5 rings (SSSR count). The first-order valence-electron chi connectivity index (χ1n) is 11.1. The molecular formula is C25H25F3N4O. The fourth-order valence-corrected chi connectivity index (χ4v) is 4.77. The Labute approximate surface area is 190 Å². The molecule has 0 spiro atoms. The van der Waals surface area contributed by atoms with E-state index < -0.39 is 11.7 Å². The Morgan fingerprint density at radius 2 is 1.97 bits per heavy atom. The van der Waals surface area contributed by atoms with Gasteiger partial charge in [0.25, 0.3) is 0 Å². The van der Waals surface area contributed by atoms with Gasteiger partial charge in [-0.2, -0.15) is 18.4 Å². The van der Waals surface area contributed by atoms with Gasteiger partial charge in [-0.3, -0.25) is 0 Å². The van der Waals surface area contributed by atoms with Crippen molar-refractivity contribution in [1.29, 1.82) is 5.26 Å². The molecule has 1 aliphatic heterocycles. The van der Waals surface area contributed by atoms with E-state index in [-0.39, 0.29) is 5.92 Å². The monoisotopic (exact) mass is 454 g/mol. The first-order chi connectivity index (χ1) is 15.7. The van der Waals surface area contributed by atoms with Crippen LogP contribution in [0.2, 0.25) is 0 Å². The van der Waals surface area contributed by atoms with Gasteiger partial charge < -0.3 is 14.2 Å². The van der Waals surface area contributed by atoms with E-state index in [1.165, 1.54) is 6.07 Å². The van der Waals surface area contributed by atoms with Crippen LogP contribution < -0.4 is 4.90 Å². The predicted octanol–water partition coefficient (Wildman–Crippen LogP) is 5.71. The molecule has 1 aliphatic carbocycles. The van der Waals surface area contributed by atoms with Crippen molar-refractivity contribution in [2.24, 2.45) is 0 Å². The van der Waals surface area contributed by atoms with Crippen molar-refractivity contribution < 1.29 is 17.6 Å². The van der Waals surface area contributed by atoms with Crippen LogP contribution in [0, 0.1) is 18.3 Å². The zero-order valence-corrected chi connectivity index (χ0v) is 18.8. The lowest BCUT2D eigenvalue weighted by atomic mass is 9.92. The third-order valence-corrected chi connectivity index (χ3v) is 6.81. The van der Waals surface area contributed by atoms with Gasteiger partial charge in [-0.05, 0) is 63.5 Å². The zero-order chi connectivity index (χ0) is 23.5. The number of aromatic nitrogens is 1. The smallest absolute Gasteiger partial charge is 0.416 e. The normalized spacial score (nSPS) is 19.0. The molecule has 2 heterocycles. The topological polar surface area (TPSA) is 56.3 Å². The maximum absolute atomic E-state index is 13.5. The number of hydrogen-bond acceptors (Lipinski definition) is 5. The van der Waals surface area contributed by atoms with Crippen molar-refractivity contribution in [2.75, 3.05) is 32.1 Å². The summed E-state index contributed by atoms with van der Waals surface area (Å²) in [6.07, 6.45) is -1.54. The summed E-state index contributed by atoms with van der Waals surface area (Å²) in [5, 5.41) is 9.97. The Hall–Kier alpha value is -3.05. The molecule has 8 heteroatoms. The number of rotatable bonds is 4. The molecule has 33 heavy (non-hydrogen) atoms. The summed E-state index contributed by atoms with van der Waals surface area (Å²) in [6.45, 7) is 3.26. The number of anilines is 1. The molecule has 1 saturated heterocycles. The van der Waals surface area contributed by atoms with E-state index in [9.17, 15) is 18.4 Å². The van der Waals surface area contributed by atoms with Crippen LogP contribution >= 0.6 is 0 Å². The van der Waals surface area contributed by atoms with Crippen LogP contribution in [0.3, 0.4) is 0 Å². The lowest BCUT2D eigenvalue weighted by Crippen LogP contribution is -2.31. The first-order valence-corrected chi connectivity index (χ1v) is 11.1. The second kappa shape index (κ2) is 7.77. The number of fused-ring (bicyclic) bond motifs is 1. The number of nitrogens with zero attached hydrogens (tertiary/aromatic N) is 4. The van der Waals surface area contributed by atoms with E-state index in [0.29, 0.717) is 45.3 Å². The van der Waals surface area contributed by atoms with Crippen LogP contribution in [0.1, 0.15) is 47.8 Å². The van der Waals surface area contributed by atoms with E-state index in [2.05, 4.69) is 20.9 Å². The maximum atomic E-state index is 13.5. The number of oxazole rings is 1. The fourth-order valence-electron chi connectivity index (χ4n) is 4.77. The van der Waals surface area contributed by atoms with Gasteiger partial charge >= 0.3 is 6.18 Å². The van der Waals surface area contributed by atoms with Crippen LogP contribution in [0.15, 0.2) is 28.7 Å². The summed E-state index contributed by atoms with van der Waals surface area (Å²) in [5.74, 6) is 0.869. The average Bonchev–Trinajstić information content (AvgIpc) is 3.33. The molecule has 5 nitrogen and oxygen atoms in total. The molecule has 2 aliphatic rings. The van der Waals surface area contributed by atoms with E-state index in [1.54, 1.807) is 13.0 Å². The van der Waals surface area contributed by atoms with Gasteiger partial charge in [0.05, 0.1) is 16.8 Å². The first kappa shape index (κ1) is 21.8. The molecule has 0 unspecified atom stereocenters. The highest BCUT2D eigenvalue weighted by atomic mass is 19.4. The molecule has 172 valence electrons. The molecule has 0 N–H and O–H groups in total. The van der Waals surface area contributed by atoms with Gasteiger partial charge in [-0.1, -0.05) is 12.1 Å². The van der Waals surface area contributed by atoms with Gasteiger partial charge in [-0.15, -0.1) is 0 Å². The average molecular weight is 454 g/mol. The summed E-state index contributed by atoms with van der Waals surface area (Å²) < 4.78 is 46.8. The fraction of sp³-hybridized carbons (Fsp3) is 0.440. The summed E-state index contributed by atoms with van der Waals surface area (Å²) >= 11 is 0. The van der Waals surface area contributed by atoms with E-state index >= 15 is 0 Å². The van der Waals surface area contributed by atoms with Gasteiger partial charge in [0.15, 0.2) is 11.5 Å². The highest BCUT2D eigenvalue weighted by Gasteiger charge is 2.36. The van der Waals surface area contributed by atoms with Crippen LogP contribution in [0.4, 0.5) is 18.9 Å². The summed E-state index contributed by atoms with van der Waals surface area (Å²) in [7, 11) is 4.06. The SMILES string of the molecule is Cc1c(-c2cccc(C(F)(F)F)c2)c(N2CC[C@H](N(C)C)C2)c2oc(C3CC3)nc2c1C#N. The van der Waals surface area contributed by atoms with Crippen LogP contribution in [-0.4, -0.2) is 43.1 Å². The molecule has 0 amide bonds. The minimum absolute atomic E-state index is 0.252. The second-order valence-electron chi connectivity index (χ2n) is 9.27. The highest BCUT2D eigenvalue weighted by molar-refractivity contribution is 6.02. The molecule has 1 saturated carbocycles. The number of hydrogen-bond donors (Lipinski definition) is 0. The number of nitriles is 1. The quantitative estimate of drug-likeness (QED) is 0.505. The summed E-state index contributed by atoms with van der Waals surface area (Å²) in [6, 6.07) is 7.88. The molecular weight excluding hydrogens is 429 g/mol. The van der Waals surface area contributed by atoms with Crippen LogP contribution in [-0.2, 0) is 6.18 Å². The Bertz CT molecular complexity index is 1270. The second-order valence-corrected chi connectivity index (χ2v) is 9.27. The lowest BCUT2D eigenvalue weighted by molar-refractivity contribution is -0.137. The third-order valence-electron chi connectivity index (χ3n) is 6.81. The van der Waals surface area contributed by atoms with Crippen molar-refractivity contribution in [3.05, 3.63) is 46.8 Å². The van der Waals surface area contributed by atoms with Crippen LogP contribution in [0.5, 0.6) is 0 Å². The molecule has 2 aromatic carbocycles. The number of likely N-dealkylation sites (N-methyl/N-ethyl adjacent to an activating group) is 1. The summed E-state index contributed by atoms with van der Waals surface area (Å²) in [4.78, 5) is 9.02. The number of alkyl halides is 3. The Kier molecular flexibility index (Phi) is 5.13. The molecule has 0 radical (unpaired) electrons. The number of halogens is 3. The summed E-state index contributed by atoms with van der Waals surface area (Å²) in [5.41, 5.74) is 3.07. The third kappa shape index (κ3) is 3.74. The molecule has 3 aromatic rings. The predicted molar refractivity (Wildman–Crippen MR) is 120 cm³/mol. The van der Waals surface area contributed by atoms with Gasteiger partial charge in [0.1, 0.15) is 11.6 Å². The van der Waals surface area contributed by atoms with Crippen molar-refractivity contribution in [3.63, 3.8) is 0 Å². The van der Waals surface area contributed by atoms with Crippen molar-refractivity contribution >= 4 is 16.8 Å². The zero-order valence-electron chi connectivity index (χ0n) is 18.8. The molecule has 2 fully saturated rings. The Morgan fingerprint density at radius 1 is 1.21 bits per heavy atom. The minimum atomic E-state index is -4.46. The van der Waals surface area contributed by atoms with E-state index in [1.807, 2.05) is 14.1 Å². The number of benzene rings is 2. The van der Waals surface area contributed by atoms with Gasteiger partial charge in [0, 0.05) is 30.6 Å². The van der Waals surface area contributed by atoms with E-state index in [0.717, 1.165) is 50.2 Å². The Balaban J connectivity index is 1.79. The standard InChI is InChI=1S/C25H25F3N4O/c1-14-19(12-29)21-23(33-24(30-21)15-7-8-15)22(32-10-9-18(13-32)31(2)3)20(14)16-5-4-6-17(11-16)25(26,27)28/h4-6,11,15,18H,7-10,13H2,1-3H3/t18-/m0/s1. The molecule has 0 bridgehead atoms. The van der Waals surface area contributed by atoms with Gasteiger partial charge in [-0.25, -0.2) is 4.98 Å². The van der Waals surface area contributed by atoms with Crippen molar-refractivity contribution in [1.82, 2.24) is 9.88 Å². The molecule has 1 atom stereocenters. The van der Waals surface area contributed by atoms with Crippen molar-refractivity contribution in [3.8, 4) is 17.2 Å². The highest BCUT2D eigenvalue weighted by Crippen LogP contribution is 2.48. The minimum Gasteiger partial charge on any atom is -0.438 e. The van der Waals surface area contributed by atoms with Gasteiger partial charge in [0.2, 0.25) is 0 Å². The maximum Gasteiger partial charge on any atom is 0.416 e.